The molecule has 0 saturated carbocycles. The normalized spacial score (nSPS) is 10.4. The summed E-state index contributed by atoms with van der Waals surface area (Å²) in [7, 11) is 0. The van der Waals surface area contributed by atoms with Crippen LogP contribution in [0.25, 0.3) is 11.3 Å². The monoisotopic (exact) mass is 188 g/mol. The van der Waals surface area contributed by atoms with Gasteiger partial charge in [0.2, 0.25) is 0 Å². The second-order valence-electron chi connectivity index (χ2n) is 3.38. The predicted molar refractivity (Wildman–Crippen MR) is 55.8 cm³/mol. The zero-order valence-corrected chi connectivity index (χ0v) is 8.24. The predicted octanol–water partition coefficient (Wildman–Crippen LogP) is 2.54. The maximum absolute atomic E-state index is 5.51. The second-order valence-corrected chi connectivity index (χ2v) is 3.38. The van der Waals surface area contributed by atoms with Gasteiger partial charge in [0, 0.05) is 11.6 Å². The number of hydrogen-bond acceptors (Lipinski definition) is 3. The van der Waals surface area contributed by atoms with E-state index in [0.717, 1.165) is 11.3 Å². The van der Waals surface area contributed by atoms with Crippen LogP contribution in [-0.2, 0) is 0 Å². The third-order valence-electron chi connectivity index (χ3n) is 2.26. The number of rotatable bonds is 1. The first-order chi connectivity index (χ1) is 6.68. The van der Waals surface area contributed by atoms with Crippen molar-refractivity contribution in [1.82, 2.24) is 5.16 Å². The molecule has 0 unspecified atom stereocenters. The van der Waals surface area contributed by atoms with Gasteiger partial charge in [-0.2, -0.15) is 0 Å². The van der Waals surface area contributed by atoms with Gasteiger partial charge in [0.1, 0.15) is 0 Å². The third-order valence-corrected chi connectivity index (χ3v) is 2.26. The van der Waals surface area contributed by atoms with Gasteiger partial charge in [-0.3, -0.25) is 0 Å². The Balaban J connectivity index is 2.61. The Kier molecular flexibility index (Phi) is 2.00. The van der Waals surface area contributed by atoms with Gasteiger partial charge in [0.25, 0.3) is 0 Å². The van der Waals surface area contributed by atoms with Crippen LogP contribution in [0.3, 0.4) is 0 Å². The SMILES string of the molecule is Cc1cccc(C)c1-c1cc(N)no1. The van der Waals surface area contributed by atoms with Crippen LogP contribution in [0.1, 0.15) is 11.1 Å². The molecular weight excluding hydrogens is 176 g/mol. The molecule has 0 amide bonds. The maximum Gasteiger partial charge on any atom is 0.169 e. The highest BCUT2D eigenvalue weighted by atomic mass is 16.5. The first kappa shape index (κ1) is 8.81. The van der Waals surface area contributed by atoms with Crippen LogP contribution in [0.2, 0.25) is 0 Å². The minimum Gasteiger partial charge on any atom is -0.381 e. The van der Waals surface area contributed by atoms with Crippen LogP contribution in [0.15, 0.2) is 28.8 Å². The molecule has 1 heterocycles. The van der Waals surface area contributed by atoms with Gasteiger partial charge in [-0.1, -0.05) is 23.4 Å². The Bertz CT molecular complexity index is 440. The van der Waals surface area contributed by atoms with Crippen LogP contribution >= 0.6 is 0 Å². The molecule has 2 aromatic rings. The highest BCUT2D eigenvalue weighted by molar-refractivity contribution is 5.67. The summed E-state index contributed by atoms with van der Waals surface area (Å²) in [6.45, 7) is 4.09. The zero-order valence-electron chi connectivity index (χ0n) is 8.24. The van der Waals surface area contributed by atoms with Gasteiger partial charge >= 0.3 is 0 Å². The molecule has 72 valence electrons. The van der Waals surface area contributed by atoms with E-state index in [2.05, 4.69) is 5.16 Å². The fourth-order valence-electron chi connectivity index (χ4n) is 1.61. The molecule has 0 aliphatic rings. The highest BCUT2D eigenvalue weighted by Crippen LogP contribution is 2.27. The Morgan fingerprint density at radius 3 is 2.36 bits per heavy atom. The molecule has 0 fully saturated rings. The molecule has 0 saturated heterocycles. The summed E-state index contributed by atoms with van der Waals surface area (Å²) in [5.74, 6) is 1.15. The van der Waals surface area contributed by atoms with Crippen molar-refractivity contribution in [2.45, 2.75) is 13.8 Å². The summed E-state index contributed by atoms with van der Waals surface area (Å²) in [6.07, 6.45) is 0. The minimum absolute atomic E-state index is 0.419. The summed E-state index contributed by atoms with van der Waals surface area (Å²) < 4.78 is 5.14. The second kappa shape index (κ2) is 3.18. The lowest BCUT2D eigenvalue weighted by atomic mass is 10.0. The molecule has 0 atom stereocenters. The summed E-state index contributed by atoms with van der Waals surface area (Å²) in [6, 6.07) is 7.85. The minimum atomic E-state index is 0.419. The fourth-order valence-corrected chi connectivity index (χ4v) is 1.61. The number of anilines is 1. The van der Waals surface area contributed by atoms with Gasteiger partial charge in [-0.25, -0.2) is 0 Å². The maximum atomic E-state index is 5.51. The number of nitrogens with zero attached hydrogens (tertiary/aromatic N) is 1. The molecule has 0 aliphatic carbocycles. The van der Waals surface area contributed by atoms with Crippen LogP contribution in [-0.4, -0.2) is 5.16 Å². The summed E-state index contributed by atoms with van der Waals surface area (Å²) in [4.78, 5) is 0. The standard InChI is InChI=1S/C11H12N2O/c1-7-4-3-5-8(2)11(7)9-6-10(12)13-14-9/h3-6H,1-2H3,(H2,12,13). The van der Waals surface area contributed by atoms with Crippen LogP contribution in [0.4, 0.5) is 5.82 Å². The molecule has 0 bridgehead atoms. The number of benzene rings is 1. The lowest BCUT2D eigenvalue weighted by Gasteiger charge is -2.04. The average Bonchev–Trinajstić information content (AvgIpc) is 2.51. The van der Waals surface area contributed by atoms with Crippen molar-refractivity contribution in [3.05, 3.63) is 35.4 Å². The van der Waals surface area contributed by atoms with E-state index >= 15 is 0 Å². The largest absolute Gasteiger partial charge is 0.381 e. The molecule has 1 aromatic carbocycles. The summed E-state index contributed by atoms with van der Waals surface area (Å²) >= 11 is 0. The molecule has 3 nitrogen and oxygen atoms in total. The average molecular weight is 188 g/mol. The van der Waals surface area contributed by atoms with Crippen molar-refractivity contribution >= 4 is 5.82 Å². The Morgan fingerprint density at radius 2 is 1.86 bits per heavy atom. The smallest absolute Gasteiger partial charge is 0.169 e. The Labute approximate surface area is 82.5 Å². The van der Waals surface area contributed by atoms with E-state index in [1.54, 1.807) is 6.07 Å². The van der Waals surface area contributed by atoms with Crippen molar-refractivity contribution in [2.75, 3.05) is 5.73 Å². The zero-order chi connectivity index (χ0) is 10.1. The highest BCUT2D eigenvalue weighted by Gasteiger charge is 2.09. The van der Waals surface area contributed by atoms with E-state index in [-0.39, 0.29) is 0 Å². The molecular formula is C11H12N2O. The van der Waals surface area contributed by atoms with Gasteiger partial charge in [-0.05, 0) is 25.0 Å². The number of hydrogen-bond donors (Lipinski definition) is 1. The van der Waals surface area contributed by atoms with Crippen LogP contribution < -0.4 is 5.73 Å². The lowest BCUT2D eigenvalue weighted by molar-refractivity contribution is 0.435. The molecule has 3 heteroatoms. The van der Waals surface area contributed by atoms with Gasteiger partial charge in [-0.15, -0.1) is 0 Å². The van der Waals surface area contributed by atoms with E-state index in [1.165, 1.54) is 11.1 Å². The number of aromatic nitrogens is 1. The van der Waals surface area contributed by atoms with Crippen LogP contribution in [0.5, 0.6) is 0 Å². The molecule has 14 heavy (non-hydrogen) atoms. The molecule has 0 radical (unpaired) electrons. The topological polar surface area (TPSA) is 52.0 Å². The van der Waals surface area contributed by atoms with E-state index in [4.69, 9.17) is 10.3 Å². The van der Waals surface area contributed by atoms with Gasteiger partial charge < -0.3 is 10.3 Å². The number of aryl methyl sites for hydroxylation is 2. The van der Waals surface area contributed by atoms with Crippen molar-refractivity contribution in [3.63, 3.8) is 0 Å². The van der Waals surface area contributed by atoms with Gasteiger partial charge in [0.05, 0.1) is 0 Å². The van der Waals surface area contributed by atoms with Crippen molar-refractivity contribution < 1.29 is 4.52 Å². The lowest BCUT2D eigenvalue weighted by Crippen LogP contribution is -1.85. The first-order valence-corrected chi connectivity index (χ1v) is 4.47. The van der Waals surface area contributed by atoms with Crippen molar-refractivity contribution in [1.29, 1.82) is 0 Å². The molecule has 2 rings (SSSR count). The van der Waals surface area contributed by atoms with Crippen molar-refractivity contribution in [2.24, 2.45) is 0 Å². The third kappa shape index (κ3) is 1.37. The van der Waals surface area contributed by atoms with E-state index in [1.807, 2.05) is 32.0 Å². The van der Waals surface area contributed by atoms with Crippen LogP contribution in [0, 0.1) is 13.8 Å². The van der Waals surface area contributed by atoms with E-state index < -0.39 is 0 Å². The number of nitrogens with two attached hydrogens (primary N) is 1. The molecule has 0 aliphatic heterocycles. The fraction of sp³-hybridized carbons (Fsp3) is 0.182. The van der Waals surface area contributed by atoms with Crippen molar-refractivity contribution in [3.8, 4) is 11.3 Å². The Hall–Kier alpha value is -1.77. The summed E-state index contributed by atoms with van der Waals surface area (Å²) in [5, 5.41) is 3.68. The number of nitrogen functional groups attached to an aromatic ring is 1. The van der Waals surface area contributed by atoms with E-state index in [0.29, 0.717) is 5.82 Å². The molecule has 1 aromatic heterocycles. The Morgan fingerprint density at radius 1 is 1.21 bits per heavy atom. The molecule has 2 N–H and O–H groups in total. The van der Waals surface area contributed by atoms with Gasteiger partial charge in [0.15, 0.2) is 11.6 Å². The van der Waals surface area contributed by atoms with E-state index in [9.17, 15) is 0 Å². The summed E-state index contributed by atoms with van der Waals surface area (Å²) in [5.41, 5.74) is 8.93. The first-order valence-electron chi connectivity index (χ1n) is 4.47. The molecule has 0 spiro atoms. The quantitative estimate of drug-likeness (QED) is 0.748.